The maximum Gasteiger partial charge on any atom is 0.334 e. The molecule has 4 nitrogen and oxygen atoms in total. The van der Waals surface area contributed by atoms with Gasteiger partial charge in [-0.2, -0.15) is 0 Å². The van der Waals surface area contributed by atoms with E-state index in [4.69, 9.17) is 10.5 Å². The highest BCUT2D eigenvalue weighted by Gasteiger charge is 2.22. The topological polar surface area (TPSA) is 55.6 Å². The minimum Gasteiger partial charge on any atom is -0.466 e. The van der Waals surface area contributed by atoms with Gasteiger partial charge in [-0.3, -0.25) is 4.90 Å². The van der Waals surface area contributed by atoms with Crippen LogP contribution in [0.4, 0.5) is 0 Å². The average molecular weight is 246 g/mol. The first-order chi connectivity index (χ1) is 8.69. The molecule has 2 rings (SSSR count). The summed E-state index contributed by atoms with van der Waals surface area (Å²) in [5.41, 5.74) is 7.80. The van der Waals surface area contributed by atoms with E-state index < -0.39 is 0 Å². The summed E-state index contributed by atoms with van der Waals surface area (Å²) in [6.45, 7) is 2.15. The second-order valence-electron chi connectivity index (χ2n) is 4.50. The third-order valence-electron chi connectivity index (χ3n) is 2.97. The Hall–Kier alpha value is -1.65. The van der Waals surface area contributed by atoms with Crippen LogP contribution in [0.25, 0.3) is 0 Å². The number of hydrogen-bond acceptors (Lipinski definition) is 4. The molecule has 1 aromatic carbocycles. The lowest BCUT2D eigenvalue weighted by molar-refractivity contribution is -0.136. The first kappa shape index (κ1) is 12.8. The predicted octanol–water partition coefficient (Wildman–Crippen LogP) is 0.929. The summed E-state index contributed by atoms with van der Waals surface area (Å²) < 4.78 is 4.75. The molecule has 0 saturated carbocycles. The zero-order valence-corrected chi connectivity index (χ0v) is 10.5. The molecular formula is C14H18N2O2. The minimum absolute atomic E-state index is 0.114. The molecule has 1 aliphatic rings. The van der Waals surface area contributed by atoms with Crippen LogP contribution >= 0.6 is 0 Å². The van der Waals surface area contributed by atoms with Crippen molar-refractivity contribution in [2.24, 2.45) is 5.73 Å². The maximum atomic E-state index is 11.5. The van der Waals surface area contributed by atoms with E-state index in [0.29, 0.717) is 12.1 Å². The number of carbonyl (C=O) groups is 1. The first-order valence-electron chi connectivity index (χ1n) is 6.00. The van der Waals surface area contributed by atoms with Crippen molar-refractivity contribution in [3.63, 3.8) is 0 Å². The number of carbonyl (C=O) groups excluding carboxylic acids is 1. The smallest absolute Gasteiger partial charge is 0.334 e. The Balaban J connectivity index is 2.04. The van der Waals surface area contributed by atoms with Gasteiger partial charge in [-0.1, -0.05) is 36.4 Å². The van der Waals surface area contributed by atoms with Crippen molar-refractivity contribution in [1.82, 2.24) is 4.90 Å². The van der Waals surface area contributed by atoms with Gasteiger partial charge in [0.2, 0.25) is 0 Å². The maximum absolute atomic E-state index is 11.5. The van der Waals surface area contributed by atoms with Crippen LogP contribution in [-0.4, -0.2) is 37.1 Å². The van der Waals surface area contributed by atoms with Crippen molar-refractivity contribution in [1.29, 1.82) is 0 Å². The zero-order valence-electron chi connectivity index (χ0n) is 10.5. The Morgan fingerprint density at radius 2 is 2.17 bits per heavy atom. The second kappa shape index (κ2) is 5.80. The minimum atomic E-state index is -0.289. The van der Waals surface area contributed by atoms with Gasteiger partial charge in [-0.05, 0) is 5.56 Å². The molecule has 0 aliphatic carbocycles. The SMILES string of the molecule is COC(=O)C1=CC(N)CN(Cc2ccccc2)C1. The number of nitrogens with zero attached hydrogens (tertiary/aromatic N) is 1. The third-order valence-corrected chi connectivity index (χ3v) is 2.97. The summed E-state index contributed by atoms with van der Waals surface area (Å²) in [7, 11) is 1.39. The zero-order chi connectivity index (χ0) is 13.0. The van der Waals surface area contributed by atoms with Crippen molar-refractivity contribution in [3.05, 3.63) is 47.5 Å². The summed E-state index contributed by atoms with van der Waals surface area (Å²) in [5, 5.41) is 0. The molecule has 18 heavy (non-hydrogen) atoms. The van der Waals surface area contributed by atoms with E-state index in [1.165, 1.54) is 12.7 Å². The lowest BCUT2D eigenvalue weighted by Gasteiger charge is -2.29. The van der Waals surface area contributed by atoms with Crippen LogP contribution in [0, 0.1) is 0 Å². The quantitative estimate of drug-likeness (QED) is 0.806. The number of nitrogens with two attached hydrogens (primary N) is 1. The molecular weight excluding hydrogens is 228 g/mol. The molecule has 0 radical (unpaired) electrons. The van der Waals surface area contributed by atoms with E-state index in [1.54, 1.807) is 6.08 Å². The highest BCUT2D eigenvalue weighted by atomic mass is 16.5. The monoisotopic (exact) mass is 246 g/mol. The molecule has 1 aromatic rings. The summed E-state index contributed by atoms with van der Waals surface area (Å²) in [5.74, 6) is -0.289. The van der Waals surface area contributed by atoms with Gasteiger partial charge < -0.3 is 10.5 Å². The standard InChI is InChI=1S/C14H18N2O2/c1-18-14(17)12-7-13(15)10-16(9-12)8-11-5-3-2-4-6-11/h2-7,13H,8-10,15H2,1H3. The molecule has 0 spiro atoms. The fourth-order valence-electron chi connectivity index (χ4n) is 2.19. The molecule has 0 aromatic heterocycles. The van der Waals surface area contributed by atoms with Crippen molar-refractivity contribution in [2.75, 3.05) is 20.2 Å². The molecule has 1 unspecified atom stereocenters. The van der Waals surface area contributed by atoms with E-state index in [1.807, 2.05) is 18.2 Å². The lowest BCUT2D eigenvalue weighted by atomic mass is 10.1. The van der Waals surface area contributed by atoms with Crippen LogP contribution in [0.2, 0.25) is 0 Å². The molecule has 96 valence electrons. The van der Waals surface area contributed by atoms with Gasteiger partial charge in [-0.15, -0.1) is 0 Å². The van der Waals surface area contributed by atoms with Crippen LogP contribution in [0.3, 0.4) is 0 Å². The highest BCUT2D eigenvalue weighted by Crippen LogP contribution is 2.13. The molecule has 4 heteroatoms. The van der Waals surface area contributed by atoms with Crippen molar-refractivity contribution >= 4 is 5.97 Å². The Kier molecular flexibility index (Phi) is 4.12. The number of benzene rings is 1. The normalized spacial score (nSPS) is 20.3. The Morgan fingerprint density at radius 3 is 2.83 bits per heavy atom. The Bertz CT molecular complexity index is 442. The van der Waals surface area contributed by atoms with Crippen molar-refractivity contribution in [3.8, 4) is 0 Å². The number of hydrogen-bond donors (Lipinski definition) is 1. The van der Waals surface area contributed by atoms with E-state index in [9.17, 15) is 4.79 Å². The molecule has 0 fully saturated rings. The predicted molar refractivity (Wildman–Crippen MR) is 69.8 cm³/mol. The molecule has 0 saturated heterocycles. The van der Waals surface area contributed by atoms with Gasteiger partial charge in [-0.25, -0.2) is 4.79 Å². The molecule has 2 N–H and O–H groups in total. The van der Waals surface area contributed by atoms with Crippen LogP contribution in [0.15, 0.2) is 42.0 Å². The number of ether oxygens (including phenoxy) is 1. The van der Waals surface area contributed by atoms with Gasteiger partial charge >= 0.3 is 5.97 Å². The lowest BCUT2D eigenvalue weighted by Crippen LogP contribution is -2.42. The van der Waals surface area contributed by atoms with Crippen LogP contribution < -0.4 is 5.73 Å². The van der Waals surface area contributed by atoms with Crippen molar-refractivity contribution < 1.29 is 9.53 Å². The molecule has 1 aliphatic heterocycles. The first-order valence-corrected chi connectivity index (χ1v) is 6.00. The van der Waals surface area contributed by atoms with Gasteiger partial charge in [0.25, 0.3) is 0 Å². The summed E-state index contributed by atoms with van der Waals surface area (Å²) in [6, 6.07) is 10.0. The van der Waals surface area contributed by atoms with Crippen LogP contribution in [0.1, 0.15) is 5.56 Å². The number of esters is 1. The largest absolute Gasteiger partial charge is 0.466 e. The number of methoxy groups -OCH3 is 1. The Morgan fingerprint density at radius 1 is 1.44 bits per heavy atom. The van der Waals surface area contributed by atoms with Gasteiger partial charge in [0.1, 0.15) is 0 Å². The van der Waals surface area contributed by atoms with E-state index in [-0.39, 0.29) is 12.0 Å². The number of rotatable bonds is 3. The Labute approximate surface area is 107 Å². The van der Waals surface area contributed by atoms with Gasteiger partial charge in [0.15, 0.2) is 0 Å². The van der Waals surface area contributed by atoms with Gasteiger partial charge in [0, 0.05) is 31.2 Å². The molecule has 1 heterocycles. The van der Waals surface area contributed by atoms with Crippen molar-refractivity contribution in [2.45, 2.75) is 12.6 Å². The summed E-state index contributed by atoms with van der Waals surface area (Å²) in [6.07, 6.45) is 1.80. The highest BCUT2D eigenvalue weighted by molar-refractivity contribution is 5.89. The van der Waals surface area contributed by atoms with E-state index in [2.05, 4.69) is 17.0 Å². The summed E-state index contributed by atoms with van der Waals surface area (Å²) in [4.78, 5) is 13.7. The average Bonchev–Trinajstić information content (AvgIpc) is 2.38. The van der Waals surface area contributed by atoms with Crippen LogP contribution in [-0.2, 0) is 16.1 Å². The third kappa shape index (κ3) is 3.18. The molecule has 1 atom stereocenters. The fraction of sp³-hybridized carbons (Fsp3) is 0.357. The summed E-state index contributed by atoms with van der Waals surface area (Å²) >= 11 is 0. The van der Waals surface area contributed by atoms with Gasteiger partial charge in [0.05, 0.1) is 7.11 Å². The van der Waals surface area contributed by atoms with Crippen LogP contribution in [0.5, 0.6) is 0 Å². The fourth-order valence-corrected chi connectivity index (χ4v) is 2.19. The molecule has 0 amide bonds. The molecule has 0 bridgehead atoms. The van der Waals surface area contributed by atoms with E-state index >= 15 is 0 Å². The van der Waals surface area contributed by atoms with E-state index in [0.717, 1.165) is 13.1 Å². The second-order valence-corrected chi connectivity index (χ2v) is 4.50.